The predicted molar refractivity (Wildman–Crippen MR) is 71.9 cm³/mol. The Morgan fingerprint density at radius 1 is 1.41 bits per heavy atom. The van der Waals surface area contributed by atoms with Crippen molar-refractivity contribution in [2.45, 2.75) is 23.5 Å². The summed E-state index contributed by atoms with van der Waals surface area (Å²) in [5.74, 6) is 0.900. The van der Waals surface area contributed by atoms with E-state index in [1.165, 1.54) is 0 Å². The van der Waals surface area contributed by atoms with E-state index in [9.17, 15) is 0 Å². The minimum absolute atomic E-state index is 0.520. The highest BCUT2D eigenvalue weighted by atomic mass is 79.9. The monoisotopic (exact) mass is 312 g/mol. The molecule has 2 aromatic rings. The first-order valence-corrected chi connectivity index (χ1v) is 6.75. The molecule has 2 rings (SSSR count). The van der Waals surface area contributed by atoms with Crippen molar-refractivity contribution in [2.24, 2.45) is 12.8 Å². The number of benzene rings is 1. The van der Waals surface area contributed by atoms with Gasteiger partial charge in [-0.1, -0.05) is 22.0 Å². The van der Waals surface area contributed by atoms with Crippen LogP contribution in [0.5, 0.6) is 0 Å². The van der Waals surface area contributed by atoms with Gasteiger partial charge in [0.25, 0.3) is 0 Å². The molecule has 0 atom stereocenters. The summed E-state index contributed by atoms with van der Waals surface area (Å²) in [4.78, 5) is 1.11. The van der Waals surface area contributed by atoms with E-state index in [0.29, 0.717) is 6.54 Å². The zero-order valence-corrected chi connectivity index (χ0v) is 12.0. The number of aromatic nitrogens is 3. The van der Waals surface area contributed by atoms with Gasteiger partial charge in [-0.2, -0.15) is 0 Å². The van der Waals surface area contributed by atoms with Crippen molar-refractivity contribution in [1.29, 1.82) is 0 Å². The highest BCUT2D eigenvalue weighted by molar-refractivity contribution is 9.10. The van der Waals surface area contributed by atoms with Crippen LogP contribution in [0, 0.1) is 6.92 Å². The second kappa shape index (κ2) is 5.20. The van der Waals surface area contributed by atoms with Gasteiger partial charge in [0.2, 0.25) is 0 Å². The molecule has 0 aliphatic rings. The minimum atomic E-state index is 0.520. The summed E-state index contributed by atoms with van der Waals surface area (Å²) in [6.07, 6.45) is 0. The molecule has 1 heterocycles. The van der Waals surface area contributed by atoms with Crippen molar-refractivity contribution in [3.05, 3.63) is 34.1 Å². The third-order valence-electron chi connectivity index (χ3n) is 2.50. The van der Waals surface area contributed by atoms with E-state index in [1.54, 1.807) is 11.8 Å². The molecule has 0 unspecified atom stereocenters. The Balaban J connectivity index is 2.35. The fourth-order valence-electron chi connectivity index (χ4n) is 1.37. The van der Waals surface area contributed by atoms with E-state index < -0.39 is 0 Å². The standard InChI is InChI=1S/C11H13BrN4S/c1-7-14-15-11(16(7)2)17-10-5-9(12)4-3-8(10)6-13/h3-5H,6,13H2,1-2H3. The Kier molecular flexibility index (Phi) is 3.86. The Hall–Kier alpha value is -0.850. The van der Waals surface area contributed by atoms with E-state index in [-0.39, 0.29) is 0 Å². The van der Waals surface area contributed by atoms with Crippen molar-refractivity contribution in [2.75, 3.05) is 0 Å². The van der Waals surface area contributed by atoms with Gasteiger partial charge in [-0.3, -0.25) is 0 Å². The van der Waals surface area contributed by atoms with Crippen LogP contribution in [0.3, 0.4) is 0 Å². The van der Waals surface area contributed by atoms with Crippen LogP contribution < -0.4 is 5.73 Å². The Labute approximate surface area is 113 Å². The van der Waals surface area contributed by atoms with E-state index in [4.69, 9.17) is 5.73 Å². The lowest BCUT2D eigenvalue weighted by Crippen LogP contribution is -1.99. The van der Waals surface area contributed by atoms with Crippen molar-refractivity contribution in [3.8, 4) is 0 Å². The summed E-state index contributed by atoms with van der Waals surface area (Å²) in [6.45, 7) is 2.45. The highest BCUT2D eigenvalue weighted by Crippen LogP contribution is 2.31. The number of nitrogens with two attached hydrogens (primary N) is 1. The van der Waals surface area contributed by atoms with E-state index >= 15 is 0 Å². The third-order valence-corrected chi connectivity index (χ3v) is 4.13. The molecule has 90 valence electrons. The van der Waals surface area contributed by atoms with Gasteiger partial charge in [-0.25, -0.2) is 0 Å². The van der Waals surface area contributed by atoms with E-state index in [2.05, 4.69) is 32.2 Å². The lowest BCUT2D eigenvalue weighted by Gasteiger charge is -2.07. The summed E-state index contributed by atoms with van der Waals surface area (Å²) in [6, 6.07) is 6.07. The quantitative estimate of drug-likeness (QED) is 0.946. The number of aryl methyl sites for hydroxylation is 1. The maximum Gasteiger partial charge on any atom is 0.195 e. The topological polar surface area (TPSA) is 56.7 Å². The van der Waals surface area contributed by atoms with Crippen molar-refractivity contribution in [1.82, 2.24) is 14.8 Å². The molecule has 1 aromatic carbocycles. The molecule has 17 heavy (non-hydrogen) atoms. The van der Waals surface area contributed by atoms with Crippen LogP contribution in [-0.4, -0.2) is 14.8 Å². The lowest BCUT2D eigenvalue weighted by atomic mass is 10.2. The van der Waals surface area contributed by atoms with Crippen LogP contribution in [0.2, 0.25) is 0 Å². The molecule has 0 radical (unpaired) electrons. The van der Waals surface area contributed by atoms with Gasteiger partial charge in [0, 0.05) is 23.0 Å². The lowest BCUT2D eigenvalue weighted by molar-refractivity contribution is 0.765. The number of halogens is 1. The van der Waals surface area contributed by atoms with Crippen LogP contribution >= 0.6 is 27.7 Å². The first-order chi connectivity index (χ1) is 8.11. The average Bonchev–Trinajstić information content (AvgIpc) is 2.61. The molecule has 0 aliphatic heterocycles. The van der Waals surface area contributed by atoms with Gasteiger partial charge >= 0.3 is 0 Å². The second-order valence-corrected chi connectivity index (χ2v) is 5.57. The second-order valence-electron chi connectivity index (χ2n) is 3.65. The molecule has 0 fully saturated rings. The highest BCUT2D eigenvalue weighted by Gasteiger charge is 2.10. The fraction of sp³-hybridized carbons (Fsp3) is 0.273. The summed E-state index contributed by atoms with van der Waals surface area (Å²) in [5.41, 5.74) is 6.84. The van der Waals surface area contributed by atoms with Gasteiger partial charge in [0.15, 0.2) is 5.16 Å². The molecular formula is C11H13BrN4S. The van der Waals surface area contributed by atoms with Crippen LogP contribution in [0.15, 0.2) is 32.7 Å². The zero-order valence-electron chi connectivity index (χ0n) is 9.64. The van der Waals surface area contributed by atoms with Crippen LogP contribution in [-0.2, 0) is 13.6 Å². The van der Waals surface area contributed by atoms with Gasteiger partial charge in [0.1, 0.15) is 5.82 Å². The molecule has 0 saturated carbocycles. The average molecular weight is 313 g/mol. The number of nitrogens with zero attached hydrogens (tertiary/aromatic N) is 3. The van der Waals surface area contributed by atoms with Gasteiger partial charge in [-0.15, -0.1) is 10.2 Å². The minimum Gasteiger partial charge on any atom is -0.326 e. The van der Waals surface area contributed by atoms with Gasteiger partial charge in [-0.05, 0) is 36.4 Å². The predicted octanol–water partition coefficient (Wildman–Crippen LogP) is 2.50. The van der Waals surface area contributed by atoms with Crippen molar-refractivity contribution >= 4 is 27.7 Å². The molecule has 6 heteroatoms. The maximum absolute atomic E-state index is 5.73. The van der Waals surface area contributed by atoms with E-state index in [0.717, 1.165) is 25.9 Å². The van der Waals surface area contributed by atoms with Crippen molar-refractivity contribution < 1.29 is 0 Å². The third kappa shape index (κ3) is 2.70. The molecular weight excluding hydrogens is 300 g/mol. The molecule has 0 spiro atoms. The van der Waals surface area contributed by atoms with Gasteiger partial charge < -0.3 is 10.3 Å². The summed E-state index contributed by atoms with van der Waals surface area (Å²) in [5, 5.41) is 9.05. The number of hydrogen-bond donors (Lipinski definition) is 1. The smallest absolute Gasteiger partial charge is 0.195 e. The first kappa shape index (κ1) is 12.6. The van der Waals surface area contributed by atoms with Crippen LogP contribution in [0.25, 0.3) is 0 Å². The maximum atomic E-state index is 5.73. The number of hydrogen-bond acceptors (Lipinski definition) is 4. The SMILES string of the molecule is Cc1nnc(Sc2cc(Br)ccc2CN)n1C. The Morgan fingerprint density at radius 3 is 2.76 bits per heavy atom. The van der Waals surface area contributed by atoms with Crippen molar-refractivity contribution in [3.63, 3.8) is 0 Å². The Bertz CT molecular complexity index is 538. The largest absolute Gasteiger partial charge is 0.326 e. The first-order valence-electron chi connectivity index (χ1n) is 5.14. The fourth-order valence-corrected chi connectivity index (χ4v) is 2.90. The number of rotatable bonds is 3. The Morgan fingerprint density at radius 2 is 2.18 bits per heavy atom. The molecule has 0 bridgehead atoms. The normalized spacial score (nSPS) is 10.8. The van der Waals surface area contributed by atoms with Gasteiger partial charge in [0.05, 0.1) is 0 Å². The molecule has 4 nitrogen and oxygen atoms in total. The zero-order chi connectivity index (χ0) is 12.4. The van der Waals surface area contributed by atoms with Crippen LogP contribution in [0.1, 0.15) is 11.4 Å². The summed E-state index contributed by atoms with van der Waals surface area (Å²) >= 11 is 5.05. The molecule has 0 amide bonds. The molecule has 2 N–H and O–H groups in total. The molecule has 0 saturated heterocycles. The van der Waals surface area contributed by atoms with Crippen LogP contribution in [0.4, 0.5) is 0 Å². The molecule has 1 aromatic heterocycles. The van der Waals surface area contributed by atoms with E-state index in [1.807, 2.05) is 30.7 Å². The summed E-state index contributed by atoms with van der Waals surface area (Å²) in [7, 11) is 1.96. The summed E-state index contributed by atoms with van der Waals surface area (Å²) < 4.78 is 3.00. The molecule has 0 aliphatic carbocycles.